The summed E-state index contributed by atoms with van der Waals surface area (Å²) in [5.41, 5.74) is 0.269. The van der Waals surface area contributed by atoms with Gasteiger partial charge in [0.1, 0.15) is 36.6 Å². The van der Waals surface area contributed by atoms with E-state index in [1.54, 1.807) is 0 Å². The molecule has 2 bridgehead atoms. The number of aliphatic hydroxyl groups excluding tert-OH is 2. The van der Waals surface area contributed by atoms with Gasteiger partial charge in [0.25, 0.3) is 0 Å². The number of carbonyl (C=O) groups is 2. The van der Waals surface area contributed by atoms with Gasteiger partial charge in [-0.3, -0.25) is 9.59 Å². The Morgan fingerprint density at radius 3 is 2.46 bits per heavy atom. The van der Waals surface area contributed by atoms with Crippen molar-refractivity contribution < 1.29 is 38.7 Å². The fraction of sp³-hybridized carbons (Fsp3) is 0.700. The number of fused-ring (bicyclic) bond motifs is 3. The second-order valence-corrected chi connectivity index (χ2v) is 9.09. The number of carbonyl (C=O) groups excluding carboxylic acids is 2. The summed E-state index contributed by atoms with van der Waals surface area (Å²) in [5.74, 6) is -1.05. The van der Waals surface area contributed by atoms with E-state index in [0.29, 0.717) is 16.7 Å². The SMILES string of the molecule is C[C@H]1O[C@H]2C3=C(C(=O)[C@@H]4O[C@@H]4[C@H]3O)[C@H]1[C@@H]1[C@@H](C)OC=C3[C@H](O)[C@H]4O[C@H]4C(=O)[C@]312. The molecular weight excluding hydrogens is 368 g/mol. The third kappa shape index (κ3) is 1.47. The minimum Gasteiger partial charge on any atom is -0.498 e. The summed E-state index contributed by atoms with van der Waals surface area (Å²) in [6.07, 6.45) is -4.40. The van der Waals surface area contributed by atoms with E-state index in [2.05, 4.69) is 0 Å². The van der Waals surface area contributed by atoms with Crippen molar-refractivity contribution in [1.29, 1.82) is 0 Å². The molecule has 4 fully saturated rings. The predicted octanol–water partition coefficient (Wildman–Crippen LogP) is -0.973. The predicted molar refractivity (Wildman–Crippen MR) is 88.8 cm³/mol. The third-order valence-corrected chi connectivity index (χ3v) is 8.00. The molecule has 0 aromatic rings. The molecule has 2 N–H and O–H groups in total. The third-order valence-electron chi connectivity index (χ3n) is 8.00. The summed E-state index contributed by atoms with van der Waals surface area (Å²) in [7, 11) is 0. The van der Waals surface area contributed by atoms with Crippen LogP contribution in [0.25, 0.3) is 0 Å². The normalized spacial score (nSPS) is 60.0. The van der Waals surface area contributed by atoms with Crippen molar-refractivity contribution in [3.63, 3.8) is 0 Å². The molecule has 8 aliphatic rings. The highest BCUT2D eigenvalue weighted by Gasteiger charge is 2.78. The van der Waals surface area contributed by atoms with Crippen molar-refractivity contribution in [2.75, 3.05) is 0 Å². The van der Waals surface area contributed by atoms with Gasteiger partial charge in [0, 0.05) is 23.0 Å². The Bertz CT molecular complexity index is 921. The van der Waals surface area contributed by atoms with Gasteiger partial charge in [0.2, 0.25) is 0 Å². The van der Waals surface area contributed by atoms with E-state index in [4.69, 9.17) is 18.9 Å². The first-order chi connectivity index (χ1) is 13.4. The molecule has 0 aromatic carbocycles. The molecule has 0 amide bonds. The summed E-state index contributed by atoms with van der Waals surface area (Å²) in [6, 6.07) is 0. The summed E-state index contributed by atoms with van der Waals surface area (Å²) >= 11 is 0. The van der Waals surface area contributed by atoms with Gasteiger partial charge in [-0.1, -0.05) is 0 Å². The lowest BCUT2D eigenvalue weighted by Gasteiger charge is -2.63. The van der Waals surface area contributed by atoms with Gasteiger partial charge in [0.15, 0.2) is 11.6 Å². The van der Waals surface area contributed by atoms with Gasteiger partial charge in [-0.05, 0) is 19.4 Å². The lowest BCUT2D eigenvalue weighted by molar-refractivity contribution is -0.210. The fourth-order valence-corrected chi connectivity index (χ4v) is 6.86. The summed E-state index contributed by atoms with van der Waals surface area (Å²) in [6.45, 7) is 3.77. The van der Waals surface area contributed by atoms with Crippen molar-refractivity contribution in [2.24, 2.45) is 17.3 Å². The Balaban J connectivity index is 1.52. The quantitative estimate of drug-likeness (QED) is 0.509. The van der Waals surface area contributed by atoms with E-state index in [0.717, 1.165) is 0 Å². The van der Waals surface area contributed by atoms with Crippen LogP contribution in [0.5, 0.6) is 0 Å². The molecule has 148 valence electrons. The van der Waals surface area contributed by atoms with Crippen molar-refractivity contribution in [2.45, 2.75) is 68.8 Å². The number of rotatable bonds is 0. The molecule has 8 heteroatoms. The first kappa shape index (κ1) is 16.2. The van der Waals surface area contributed by atoms with Gasteiger partial charge in [-0.25, -0.2) is 0 Å². The van der Waals surface area contributed by atoms with E-state index in [1.165, 1.54) is 6.26 Å². The van der Waals surface area contributed by atoms with Crippen LogP contribution < -0.4 is 0 Å². The maximum absolute atomic E-state index is 13.7. The van der Waals surface area contributed by atoms with Crippen LogP contribution in [-0.2, 0) is 28.5 Å². The highest BCUT2D eigenvalue weighted by Crippen LogP contribution is 2.67. The first-order valence-corrected chi connectivity index (χ1v) is 9.90. The van der Waals surface area contributed by atoms with Crippen molar-refractivity contribution >= 4 is 11.6 Å². The van der Waals surface area contributed by atoms with Gasteiger partial charge in [-0.15, -0.1) is 0 Å². The Morgan fingerprint density at radius 2 is 1.68 bits per heavy atom. The van der Waals surface area contributed by atoms with Crippen LogP contribution in [0.3, 0.4) is 0 Å². The van der Waals surface area contributed by atoms with Crippen LogP contribution in [0.2, 0.25) is 0 Å². The summed E-state index contributed by atoms with van der Waals surface area (Å²) in [5, 5.41) is 21.8. The van der Waals surface area contributed by atoms with Crippen LogP contribution in [0.15, 0.2) is 23.0 Å². The average Bonchev–Trinajstić information content (AvgIpc) is 3.57. The zero-order valence-electron chi connectivity index (χ0n) is 15.3. The average molecular weight is 388 g/mol. The molecule has 0 unspecified atom stereocenters. The highest BCUT2D eigenvalue weighted by molar-refractivity contribution is 6.06. The van der Waals surface area contributed by atoms with Crippen LogP contribution in [0.4, 0.5) is 0 Å². The second kappa shape index (κ2) is 4.60. The molecule has 8 nitrogen and oxygen atoms in total. The van der Waals surface area contributed by atoms with Crippen LogP contribution in [0, 0.1) is 17.3 Å². The Kier molecular flexibility index (Phi) is 2.67. The molecular formula is C20H20O8. The lowest BCUT2D eigenvalue weighted by atomic mass is 9.45. The number of hydrogen-bond donors (Lipinski definition) is 2. The van der Waals surface area contributed by atoms with Crippen LogP contribution in [0.1, 0.15) is 13.8 Å². The monoisotopic (exact) mass is 388 g/mol. The summed E-state index contributed by atoms with van der Waals surface area (Å²) in [4.78, 5) is 26.7. The molecule has 28 heavy (non-hydrogen) atoms. The van der Waals surface area contributed by atoms with Gasteiger partial charge in [-0.2, -0.15) is 0 Å². The van der Waals surface area contributed by atoms with E-state index in [-0.39, 0.29) is 29.7 Å². The maximum atomic E-state index is 13.7. The Morgan fingerprint density at radius 1 is 0.964 bits per heavy atom. The molecule has 12 atom stereocenters. The zero-order chi connectivity index (χ0) is 19.3. The topological polar surface area (TPSA) is 118 Å². The number of ether oxygens (including phenoxy) is 4. The van der Waals surface area contributed by atoms with Gasteiger partial charge >= 0.3 is 0 Å². The zero-order valence-corrected chi connectivity index (χ0v) is 15.3. The Hall–Kier alpha value is -1.58. The molecule has 3 saturated heterocycles. The Labute approximate surface area is 160 Å². The highest BCUT2D eigenvalue weighted by atomic mass is 16.6. The van der Waals surface area contributed by atoms with Crippen LogP contribution >= 0.6 is 0 Å². The van der Waals surface area contributed by atoms with Crippen molar-refractivity contribution in [3.8, 4) is 0 Å². The van der Waals surface area contributed by atoms with Crippen LogP contribution in [-0.4, -0.2) is 76.7 Å². The fourth-order valence-electron chi connectivity index (χ4n) is 6.86. The van der Waals surface area contributed by atoms with E-state index in [9.17, 15) is 19.8 Å². The molecule has 1 saturated carbocycles. The first-order valence-electron chi connectivity index (χ1n) is 9.90. The van der Waals surface area contributed by atoms with Gasteiger partial charge < -0.3 is 29.2 Å². The van der Waals surface area contributed by atoms with E-state index in [1.807, 2.05) is 13.8 Å². The van der Waals surface area contributed by atoms with Crippen molar-refractivity contribution in [1.82, 2.24) is 0 Å². The molecule has 3 aliphatic carbocycles. The number of Topliss-reactive ketones (excluding diaryl/α,β-unsaturated/α-hetero) is 2. The number of aliphatic hydroxyl groups is 2. The van der Waals surface area contributed by atoms with Crippen molar-refractivity contribution in [3.05, 3.63) is 23.0 Å². The largest absolute Gasteiger partial charge is 0.498 e. The molecule has 0 radical (unpaired) electrons. The molecule has 1 spiro atoms. The second-order valence-electron chi connectivity index (χ2n) is 9.09. The smallest absolute Gasteiger partial charge is 0.190 e. The van der Waals surface area contributed by atoms with Gasteiger partial charge in [0.05, 0.1) is 30.0 Å². The number of hydrogen-bond acceptors (Lipinski definition) is 8. The minimum absolute atomic E-state index is 0.113. The molecule has 5 heterocycles. The maximum Gasteiger partial charge on any atom is 0.190 e. The summed E-state index contributed by atoms with van der Waals surface area (Å²) < 4.78 is 23.1. The molecule has 5 aliphatic heterocycles. The molecule has 0 aromatic heterocycles. The lowest BCUT2D eigenvalue weighted by Crippen LogP contribution is -2.72. The van der Waals surface area contributed by atoms with E-state index < -0.39 is 54.1 Å². The van der Waals surface area contributed by atoms with E-state index >= 15 is 0 Å². The standard InChI is InChI=1S/C20H20O8/c1-4-7-8-9(13(23)16-15(27-16)12(8)22)19(26-4)20-6(3-25-5(2)10(7)20)11(21)14-17(28-14)18(20)24/h3-5,7,10-11,13-17,19,21,23H,1-2H3/t4-,5-,7+,10+,11+,13+,14-,15+,16-,17-,19+,20+/m1/s1. The number of ketones is 2. The minimum atomic E-state index is -1.19. The number of epoxide rings is 2. The molecule has 8 rings (SSSR count).